The van der Waals surface area contributed by atoms with Crippen molar-refractivity contribution in [3.05, 3.63) is 84.4 Å². The van der Waals surface area contributed by atoms with Gasteiger partial charge in [-0.1, -0.05) is 49.9 Å². The van der Waals surface area contributed by atoms with Gasteiger partial charge in [0.2, 0.25) is 5.91 Å². The van der Waals surface area contributed by atoms with Crippen molar-refractivity contribution in [2.45, 2.75) is 31.5 Å². The van der Waals surface area contributed by atoms with Gasteiger partial charge in [0, 0.05) is 24.6 Å². The van der Waals surface area contributed by atoms with E-state index in [9.17, 15) is 4.79 Å². The van der Waals surface area contributed by atoms with Gasteiger partial charge in [-0.25, -0.2) is 4.68 Å². The lowest BCUT2D eigenvalue weighted by molar-refractivity contribution is -0.118. The molecule has 0 aliphatic carbocycles. The number of aromatic nitrogens is 5. The van der Waals surface area contributed by atoms with E-state index in [0.717, 1.165) is 16.9 Å². The highest BCUT2D eigenvalue weighted by Gasteiger charge is 2.11. The zero-order valence-electron chi connectivity index (χ0n) is 17.5. The molecule has 4 aromatic rings. The summed E-state index contributed by atoms with van der Waals surface area (Å²) in [6.07, 6.45) is 5.31. The summed E-state index contributed by atoms with van der Waals surface area (Å²) in [6.45, 7) is 4.81. The average Bonchev–Trinajstić information content (AvgIpc) is 3.49. The summed E-state index contributed by atoms with van der Waals surface area (Å²) in [5.41, 5.74) is 4.27. The van der Waals surface area contributed by atoms with Gasteiger partial charge in [0.1, 0.15) is 6.33 Å². The van der Waals surface area contributed by atoms with E-state index >= 15 is 0 Å². The first kappa shape index (κ1) is 20.9. The van der Waals surface area contributed by atoms with Gasteiger partial charge in [-0.15, -0.1) is 10.2 Å². The van der Waals surface area contributed by atoms with Crippen molar-refractivity contribution in [2.24, 2.45) is 0 Å². The maximum atomic E-state index is 12.3. The monoisotopic (exact) mass is 432 g/mol. The number of carbonyl (C=O) groups excluding carboxylic acids is 1. The van der Waals surface area contributed by atoms with Gasteiger partial charge in [0.05, 0.1) is 11.4 Å². The normalized spacial score (nSPS) is 11.1. The third kappa shape index (κ3) is 5.21. The lowest BCUT2D eigenvalue weighted by atomic mass is 10.0. The quantitative estimate of drug-likeness (QED) is 0.426. The molecule has 2 aromatic heterocycles. The van der Waals surface area contributed by atoms with E-state index in [4.69, 9.17) is 0 Å². The largest absolute Gasteiger partial charge is 0.351 e. The fourth-order valence-corrected chi connectivity index (χ4v) is 3.85. The molecule has 0 fully saturated rings. The number of nitrogens with zero attached hydrogens (tertiary/aromatic N) is 5. The predicted octanol–water partition coefficient (Wildman–Crippen LogP) is 3.98. The first-order valence-electron chi connectivity index (χ1n) is 10.1. The third-order valence-electron chi connectivity index (χ3n) is 4.88. The van der Waals surface area contributed by atoms with E-state index in [-0.39, 0.29) is 11.7 Å². The highest BCUT2D eigenvalue weighted by Crippen LogP contribution is 2.21. The van der Waals surface area contributed by atoms with E-state index in [1.165, 1.54) is 17.3 Å². The number of hydrogen-bond donors (Lipinski definition) is 1. The molecule has 2 aromatic carbocycles. The molecule has 2 heterocycles. The van der Waals surface area contributed by atoms with E-state index in [0.29, 0.717) is 17.6 Å². The van der Waals surface area contributed by atoms with E-state index in [2.05, 4.69) is 58.7 Å². The Labute approximate surface area is 185 Å². The van der Waals surface area contributed by atoms with Crippen LogP contribution in [0.1, 0.15) is 30.9 Å². The van der Waals surface area contributed by atoms with Crippen LogP contribution in [0.3, 0.4) is 0 Å². The van der Waals surface area contributed by atoms with Gasteiger partial charge in [-0.05, 0) is 47.4 Å². The molecular formula is C23H24N6OS. The Balaban J connectivity index is 1.30. The van der Waals surface area contributed by atoms with Crippen LogP contribution in [0.4, 0.5) is 0 Å². The molecule has 8 heteroatoms. The highest BCUT2D eigenvalue weighted by atomic mass is 32.2. The Morgan fingerprint density at radius 3 is 2.48 bits per heavy atom. The summed E-state index contributed by atoms with van der Waals surface area (Å²) >= 11 is 1.37. The Morgan fingerprint density at radius 1 is 1.06 bits per heavy atom. The number of benzene rings is 2. The molecular weight excluding hydrogens is 408 g/mol. The Bertz CT molecular complexity index is 1120. The SMILES string of the molecule is CC(C)c1ccc(-n2cnnc2SCC(=O)NCc2ccc(-n3cccn3)cc2)cc1. The molecule has 0 spiro atoms. The van der Waals surface area contributed by atoms with Crippen LogP contribution >= 0.6 is 11.8 Å². The lowest BCUT2D eigenvalue weighted by Crippen LogP contribution is -2.24. The molecule has 0 atom stereocenters. The zero-order chi connectivity index (χ0) is 21.6. The smallest absolute Gasteiger partial charge is 0.230 e. The maximum absolute atomic E-state index is 12.3. The van der Waals surface area contributed by atoms with E-state index in [1.807, 2.05) is 41.1 Å². The highest BCUT2D eigenvalue weighted by molar-refractivity contribution is 7.99. The van der Waals surface area contributed by atoms with Crippen molar-refractivity contribution in [1.82, 2.24) is 29.9 Å². The molecule has 1 amide bonds. The molecule has 31 heavy (non-hydrogen) atoms. The second kappa shape index (κ2) is 9.61. The fourth-order valence-electron chi connectivity index (χ4n) is 3.09. The molecule has 1 N–H and O–H groups in total. The molecule has 0 aliphatic heterocycles. The van der Waals surface area contributed by atoms with Gasteiger partial charge in [0.15, 0.2) is 5.16 Å². The molecule has 4 rings (SSSR count). The number of rotatable bonds is 8. The second-order valence-electron chi connectivity index (χ2n) is 7.41. The Morgan fingerprint density at radius 2 is 1.81 bits per heavy atom. The summed E-state index contributed by atoms with van der Waals surface area (Å²) in [4.78, 5) is 12.3. The second-order valence-corrected chi connectivity index (χ2v) is 8.35. The average molecular weight is 433 g/mol. The number of thioether (sulfide) groups is 1. The lowest BCUT2D eigenvalue weighted by Gasteiger charge is -2.09. The number of nitrogens with one attached hydrogen (secondary N) is 1. The van der Waals surface area contributed by atoms with Crippen LogP contribution in [0.5, 0.6) is 0 Å². The van der Waals surface area contributed by atoms with E-state index < -0.39 is 0 Å². The van der Waals surface area contributed by atoms with Crippen molar-refractivity contribution in [3.8, 4) is 11.4 Å². The standard InChI is InChI=1S/C23H24N6OS/c1-17(2)19-6-10-20(11-7-19)28-16-25-27-23(28)31-15-22(30)24-14-18-4-8-21(9-5-18)29-13-3-12-26-29/h3-13,16-17H,14-15H2,1-2H3,(H,24,30). The molecule has 7 nitrogen and oxygen atoms in total. The van der Waals surface area contributed by atoms with Gasteiger partial charge in [-0.2, -0.15) is 5.10 Å². The molecule has 0 radical (unpaired) electrons. The Kier molecular flexibility index (Phi) is 6.47. The van der Waals surface area contributed by atoms with Crippen LogP contribution in [0.2, 0.25) is 0 Å². The van der Waals surface area contributed by atoms with Crippen molar-refractivity contribution < 1.29 is 4.79 Å². The molecule has 158 valence electrons. The van der Waals surface area contributed by atoms with Gasteiger partial charge in [0.25, 0.3) is 0 Å². The van der Waals surface area contributed by atoms with Crippen molar-refractivity contribution >= 4 is 17.7 Å². The predicted molar refractivity (Wildman–Crippen MR) is 122 cm³/mol. The topological polar surface area (TPSA) is 77.6 Å². The van der Waals surface area contributed by atoms with Crippen molar-refractivity contribution in [2.75, 3.05) is 5.75 Å². The summed E-state index contributed by atoms with van der Waals surface area (Å²) < 4.78 is 3.70. The van der Waals surface area contributed by atoms with Gasteiger partial charge in [-0.3, -0.25) is 9.36 Å². The van der Waals surface area contributed by atoms with Crippen LogP contribution in [0.25, 0.3) is 11.4 Å². The molecule has 0 unspecified atom stereocenters. The number of hydrogen-bond acceptors (Lipinski definition) is 5. The van der Waals surface area contributed by atoms with Gasteiger partial charge >= 0.3 is 0 Å². The minimum Gasteiger partial charge on any atom is -0.351 e. The third-order valence-corrected chi connectivity index (χ3v) is 5.82. The molecule has 0 aliphatic rings. The number of carbonyl (C=O) groups is 1. The maximum Gasteiger partial charge on any atom is 0.230 e. The summed E-state index contributed by atoms with van der Waals surface area (Å²) in [6, 6.07) is 18.1. The Hall–Kier alpha value is -3.39. The van der Waals surface area contributed by atoms with E-state index in [1.54, 1.807) is 17.2 Å². The molecule has 0 saturated carbocycles. The van der Waals surface area contributed by atoms with Crippen LogP contribution in [-0.4, -0.2) is 36.2 Å². The summed E-state index contributed by atoms with van der Waals surface area (Å²) in [7, 11) is 0. The van der Waals surface area contributed by atoms with Crippen molar-refractivity contribution in [1.29, 1.82) is 0 Å². The summed E-state index contributed by atoms with van der Waals surface area (Å²) in [5, 5.41) is 16.0. The number of amides is 1. The van der Waals surface area contributed by atoms with Crippen molar-refractivity contribution in [3.63, 3.8) is 0 Å². The van der Waals surface area contributed by atoms with Crippen LogP contribution in [0, 0.1) is 0 Å². The first-order valence-corrected chi connectivity index (χ1v) is 11.1. The molecule has 0 saturated heterocycles. The molecule has 0 bridgehead atoms. The van der Waals surface area contributed by atoms with Gasteiger partial charge < -0.3 is 5.32 Å². The fraction of sp³-hybridized carbons (Fsp3) is 0.217. The summed E-state index contributed by atoms with van der Waals surface area (Å²) in [5.74, 6) is 0.703. The van der Waals surface area contributed by atoms with Crippen LogP contribution in [0.15, 0.2) is 78.5 Å². The minimum absolute atomic E-state index is 0.0501. The first-order chi connectivity index (χ1) is 15.1. The van der Waals surface area contributed by atoms with Crippen LogP contribution < -0.4 is 5.32 Å². The minimum atomic E-state index is -0.0501. The van der Waals surface area contributed by atoms with Crippen LogP contribution in [-0.2, 0) is 11.3 Å². The zero-order valence-corrected chi connectivity index (χ0v) is 18.3.